The number of para-hydroxylation sites is 2. The van der Waals surface area contributed by atoms with Crippen LogP contribution >= 0.6 is 0 Å². The lowest BCUT2D eigenvalue weighted by Gasteiger charge is -2.35. The van der Waals surface area contributed by atoms with Gasteiger partial charge in [0.15, 0.2) is 12.2 Å². The highest BCUT2D eigenvalue weighted by Crippen LogP contribution is 2.34. The molecule has 8 rings (SSSR count). The van der Waals surface area contributed by atoms with Crippen LogP contribution in [0.3, 0.4) is 0 Å². The van der Waals surface area contributed by atoms with E-state index in [4.69, 9.17) is 42.7 Å². The van der Waals surface area contributed by atoms with E-state index in [2.05, 4.69) is 10.6 Å². The first kappa shape index (κ1) is 69.7. The van der Waals surface area contributed by atoms with Gasteiger partial charge < -0.3 is 47.7 Å². The number of nitrogens with one attached hydrogen (secondary N) is 1. The molecule has 0 radical (unpaired) electrons. The van der Waals surface area contributed by atoms with Crippen LogP contribution in [0.4, 0.5) is 11.4 Å². The highest BCUT2D eigenvalue weighted by molar-refractivity contribution is 7.92. The highest BCUT2D eigenvalue weighted by Gasteiger charge is 2.37. The number of anilines is 2. The van der Waals surface area contributed by atoms with Crippen LogP contribution in [-0.2, 0) is 69.0 Å². The van der Waals surface area contributed by atoms with Gasteiger partial charge in [0.2, 0.25) is 20.0 Å². The molecule has 0 aliphatic carbocycles. The Labute approximate surface area is 538 Å². The molecule has 2 fully saturated rings. The average Bonchev–Trinajstić information content (AvgIpc) is 0.775. The van der Waals surface area contributed by atoms with Crippen LogP contribution in [0.1, 0.15) is 65.5 Å². The molecule has 2 aliphatic heterocycles. The van der Waals surface area contributed by atoms with E-state index in [0.29, 0.717) is 37.3 Å². The second-order valence-electron chi connectivity index (χ2n) is 23.5. The number of carbonyl (C=O) groups is 2. The lowest BCUT2D eigenvalue weighted by Crippen LogP contribution is -2.48. The molecule has 0 spiro atoms. The Morgan fingerprint density at radius 1 is 0.489 bits per heavy atom. The van der Waals surface area contributed by atoms with Gasteiger partial charge >= 0.3 is 32.2 Å². The van der Waals surface area contributed by atoms with Crippen molar-refractivity contribution in [3.8, 4) is 23.0 Å². The van der Waals surface area contributed by atoms with Crippen LogP contribution in [0, 0.1) is 13.8 Å². The molecule has 6 aromatic rings. The summed E-state index contributed by atoms with van der Waals surface area (Å²) < 4.78 is 149. The fourth-order valence-corrected chi connectivity index (χ4v) is 16.0. The van der Waals surface area contributed by atoms with Gasteiger partial charge in [0.05, 0.1) is 6.61 Å². The lowest BCUT2D eigenvalue weighted by molar-refractivity contribution is -0.165. The SMILES string of the molecule is Cc1cc(OC(CCON=C(N)NOCCC(Oc2cc(C)cc(OS(=O)(=O)c3ccccc3S(=O)(=O)N3CCN(c4ccccc4)CC3)c2)C(=O)OC(C)(C)C)C(=O)OC(C)(C)C)cc(OS(=O)(=O)c2ccccc2S(=O)(=O)N2CCN(c3ccccc3)CC2)c1. The zero-order valence-electron chi connectivity index (χ0n) is 52.3. The lowest BCUT2D eigenvalue weighted by atomic mass is 10.2. The minimum absolute atomic E-state index is 0.0000525. The summed E-state index contributed by atoms with van der Waals surface area (Å²) in [5.41, 5.74) is 9.30. The number of guanidine groups is 1. The number of ether oxygens (including phenoxy) is 4. The Bertz CT molecular complexity index is 4040. The third kappa shape index (κ3) is 19.0. The zero-order chi connectivity index (χ0) is 66.7. The van der Waals surface area contributed by atoms with Gasteiger partial charge in [-0.25, -0.2) is 31.9 Å². The smallest absolute Gasteiger partial charge is 0.347 e. The van der Waals surface area contributed by atoms with Crippen LogP contribution in [0.2, 0.25) is 0 Å². The molecule has 6 aromatic carbocycles. The number of oxime groups is 1. The number of benzene rings is 6. The molecule has 0 aromatic heterocycles. The minimum atomic E-state index is -4.80. The predicted octanol–water partition coefficient (Wildman–Crippen LogP) is 7.29. The summed E-state index contributed by atoms with van der Waals surface area (Å²) in [6.07, 6.45) is -3.07. The number of hydrogen-bond acceptors (Lipinski definition) is 21. The van der Waals surface area contributed by atoms with Crippen molar-refractivity contribution in [3.63, 3.8) is 0 Å². The van der Waals surface area contributed by atoms with Gasteiger partial charge in [0.25, 0.3) is 5.96 Å². The topological polar surface area (TPSA) is 308 Å². The maximum atomic E-state index is 14.1. The molecule has 3 N–H and O–H groups in total. The molecule has 0 saturated carbocycles. The average molecular weight is 1350 g/mol. The Kier molecular flexibility index (Phi) is 22.4. The Morgan fingerprint density at radius 3 is 1.22 bits per heavy atom. The summed E-state index contributed by atoms with van der Waals surface area (Å²) in [6, 6.07) is 37.8. The van der Waals surface area contributed by atoms with Gasteiger partial charge in [-0.05, 0) is 144 Å². The molecular formula is C63H77N7O18S4. The second kappa shape index (κ2) is 29.6. The molecule has 2 aliphatic rings. The molecule has 2 atom stereocenters. The number of nitrogens with two attached hydrogens (primary N) is 1. The van der Waals surface area contributed by atoms with E-state index in [1.54, 1.807) is 55.4 Å². The van der Waals surface area contributed by atoms with Crippen LogP contribution in [0.15, 0.2) is 170 Å². The molecule has 0 bridgehead atoms. The third-order valence-corrected chi connectivity index (χ3v) is 20.6. The first-order valence-electron chi connectivity index (χ1n) is 29.4. The largest absolute Gasteiger partial charge is 0.478 e. The van der Waals surface area contributed by atoms with E-state index in [1.165, 1.54) is 81.4 Å². The summed E-state index contributed by atoms with van der Waals surface area (Å²) in [6.45, 7) is 14.7. The van der Waals surface area contributed by atoms with Crippen LogP contribution in [-0.4, -0.2) is 149 Å². The van der Waals surface area contributed by atoms with E-state index in [1.807, 2.05) is 70.5 Å². The fraction of sp³-hybridized carbons (Fsp3) is 0.381. The van der Waals surface area contributed by atoms with E-state index < -0.39 is 101 Å². The number of hydroxylamine groups is 1. The van der Waals surface area contributed by atoms with E-state index >= 15 is 0 Å². The zero-order valence-corrected chi connectivity index (χ0v) is 55.6. The van der Waals surface area contributed by atoms with Crippen molar-refractivity contribution in [2.24, 2.45) is 10.9 Å². The molecule has 496 valence electrons. The molecule has 92 heavy (non-hydrogen) atoms. The van der Waals surface area contributed by atoms with E-state index in [0.717, 1.165) is 23.5 Å². The standard InChI is InChI=1S/C63H77N7O18S4/c1-45-39-49(43-51(41-45)87-91(77,78)57-25-17-15-23-55(57)89(73,74)69-33-29-67(30-34-69)47-19-11-9-12-20-47)83-53(59(71)85-62(3,4)5)27-37-81-65-61(64)66-82-38-28-54(60(72)86-63(6,7)8)84-50-40-46(2)42-52(44-50)88-92(79,80)58-26-18-16-24-56(58)90(75,76)70-35-31-68(32-36-70)48-21-13-10-14-22-48/h9-26,39-44,53-54H,27-38H2,1-8H3,(H3,64,65,66). The third-order valence-electron chi connectivity index (χ3n) is 13.8. The van der Waals surface area contributed by atoms with Crippen molar-refractivity contribution in [2.45, 2.75) is 111 Å². The maximum absolute atomic E-state index is 14.1. The number of rotatable bonds is 26. The molecular weight excluding hydrogens is 1270 g/mol. The Hall–Kier alpha value is -8.19. The molecule has 2 unspecified atom stereocenters. The van der Waals surface area contributed by atoms with Gasteiger partial charge in [-0.15, -0.1) is 0 Å². The first-order chi connectivity index (χ1) is 43.4. The maximum Gasteiger partial charge on any atom is 0.347 e. The molecule has 29 heteroatoms. The number of piperazine rings is 2. The first-order valence-corrected chi connectivity index (χ1v) is 35.1. The molecule has 0 amide bonds. The fourth-order valence-electron chi connectivity index (χ4n) is 9.77. The van der Waals surface area contributed by atoms with E-state index in [9.17, 15) is 43.3 Å². The van der Waals surface area contributed by atoms with Crippen LogP contribution < -0.4 is 38.9 Å². The second-order valence-corrected chi connectivity index (χ2v) is 30.3. The van der Waals surface area contributed by atoms with Gasteiger partial charge in [-0.1, -0.05) is 60.7 Å². The van der Waals surface area contributed by atoms with Crippen LogP contribution in [0.25, 0.3) is 0 Å². The summed E-state index contributed by atoms with van der Waals surface area (Å²) in [7, 11) is -18.2. The Balaban J connectivity index is 0.869. The number of esters is 2. The number of sulfonamides is 2. The van der Waals surface area contributed by atoms with Crippen molar-refractivity contribution in [2.75, 3.05) is 75.4 Å². The molecule has 2 saturated heterocycles. The number of aryl methyl sites for hydroxylation is 2. The summed E-state index contributed by atoms with van der Waals surface area (Å²) in [5.74, 6) is -2.47. The van der Waals surface area contributed by atoms with Crippen molar-refractivity contribution >= 4 is 69.6 Å². The normalized spacial score (nSPS) is 15.6. The summed E-state index contributed by atoms with van der Waals surface area (Å²) >= 11 is 0. The molecule has 2 heterocycles. The van der Waals surface area contributed by atoms with Gasteiger partial charge in [-0.2, -0.15) is 25.4 Å². The summed E-state index contributed by atoms with van der Waals surface area (Å²) in [5, 5.41) is 3.79. The van der Waals surface area contributed by atoms with E-state index in [-0.39, 0.29) is 75.2 Å². The highest BCUT2D eigenvalue weighted by atomic mass is 32.2. The minimum Gasteiger partial charge on any atom is -0.478 e. The number of carbonyl (C=O) groups excluding carboxylic acids is 2. The van der Waals surface area contributed by atoms with Gasteiger partial charge in [0, 0.05) is 88.7 Å². The molecule has 25 nitrogen and oxygen atoms in total. The van der Waals surface area contributed by atoms with Crippen molar-refractivity contribution in [3.05, 3.63) is 157 Å². The number of nitrogens with zero attached hydrogens (tertiary/aromatic N) is 5. The Morgan fingerprint density at radius 2 is 0.837 bits per heavy atom. The monoisotopic (exact) mass is 1350 g/mol. The van der Waals surface area contributed by atoms with Crippen molar-refractivity contribution < 1.29 is 80.2 Å². The predicted molar refractivity (Wildman–Crippen MR) is 342 cm³/mol. The van der Waals surface area contributed by atoms with Crippen molar-refractivity contribution in [1.82, 2.24) is 14.1 Å². The van der Waals surface area contributed by atoms with Gasteiger partial charge in [-0.3, -0.25) is 4.84 Å². The van der Waals surface area contributed by atoms with Crippen LogP contribution in [0.5, 0.6) is 23.0 Å². The quantitative estimate of drug-likeness (QED) is 0.0134. The number of hydrogen-bond donors (Lipinski definition) is 2. The van der Waals surface area contributed by atoms with Gasteiger partial charge in [0.1, 0.15) is 60.4 Å². The summed E-state index contributed by atoms with van der Waals surface area (Å²) in [4.78, 5) is 40.1. The van der Waals surface area contributed by atoms with Crippen molar-refractivity contribution in [1.29, 1.82) is 0 Å².